The fourth-order valence-electron chi connectivity index (χ4n) is 1.73. The van der Waals surface area contributed by atoms with E-state index in [0.717, 1.165) is 0 Å². The van der Waals surface area contributed by atoms with Crippen LogP contribution in [-0.4, -0.2) is 9.97 Å². The van der Waals surface area contributed by atoms with Gasteiger partial charge in [-0.1, -0.05) is 12.1 Å². The van der Waals surface area contributed by atoms with Gasteiger partial charge in [0.15, 0.2) is 0 Å². The molecule has 1 N–H and O–H groups in total. The van der Waals surface area contributed by atoms with Crippen molar-refractivity contribution in [3.8, 4) is 0 Å². The first kappa shape index (κ1) is 10.5. The average Bonchev–Trinajstić information content (AvgIpc) is 2.90. The molecule has 88 valence electrons. The number of fused-ring (bicyclic) bond motifs is 1. The van der Waals surface area contributed by atoms with Crippen molar-refractivity contribution in [3.63, 3.8) is 0 Å². The highest BCUT2D eigenvalue weighted by Gasteiger charge is 2.00. The van der Waals surface area contributed by atoms with E-state index < -0.39 is 0 Å². The van der Waals surface area contributed by atoms with Crippen molar-refractivity contribution in [2.45, 2.75) is 0 Å². The van der Waals surface area contributed by atoms with Gasteiger partial charge in [-0.2, -0.15) is 0 Å². The number of aromatic nitrogens is 2. The Morgan fingerprint density at radius 1 is 1.11 bits per heavy atom. The summed E-state index contributed by atoms with van der Waals surface area (Å²) in [5, 5.41) is 0.590. The lowest BCUT2D eigenvalue weighted by atomic mass is 10.2. The molecule has 0 radical (unpaired) electrons. The zero-order chi connectivity index (χ0) is 12.4. The van der Waals surface area contributed by atoms with Crippen LogP contribution >= 0.6 is 0 Å². The van der Waals surface area contributed by atoms with E-state index in [9.17, 15) is 4.79 Å². The first-order valence-corrected chi connectivity index (χ1v) is 5.53. The summed E-state index contributed by atoms with van der Waals surface area (Å²) >= 11 is 0. The second-order valence-corrected chi connectivity index (χ2v) is 3.82. The van der Waals surface area contributed by atoms with Crippen molar-refractivity contribution in [2.24, 2.45) is 0 Å². The third-order valence-electron chi connectivity index (χ3n) is 2.58. The van der Waals surface area contributed by atoms with Crippen LogP contribution in [0.2, 0.25) is 0 Å². The van der Waals surface area contributed by atoms with Crippen LogP contribution in [0.25, 0.3) is 23.1 Å². The number of para-hydroxylation sites is 1. The number of nitrogens with zero attached hydrogens (tertiary/aromatic N) is 1. The van der Waals surface area contributed by atoms with Gasteiger partial charge in [-0.05, 0) is 36.4 Å². The standard InChI is InChI=1S/C14H10N2O2/c17-14-11-5-1-2-6-12(11)15-13(16-14)8-7-10-4-3-9-18-10/h1-9H,(H,15,16,17)/b8-7+. The zero-order valence-corrected chi connectivity index (χ0v) is 9.46. The number of aromatic amines is 1. The minimum absolute atomic E-state index is 0.139. The molecule has 3 rings (SSSR count). The summed E-state index contributed by atoms with van der Waals surface area (Å²) in [6, 6.07) is 10.9. The Morgan fingerprint density at radius 2 is 2.00 bits per heavy atom. The van der Waals surface area contributed by atoms with Gasteiger partial charge in [0.25, 0.3) is 5.56 Å². The highest BCUT2D eigenvalue weighted by molar-refractivity contribution is 5.78. The molecule has 0 unspecified atom stereocenters. The summed E-state index contributed by atoms with van der Waals surface area (Å²) in [6.07, 6.45) is 5.07. The van der Waals surface area contributed by atoms with Crippen molar-refractivity contribution in [1.82, 2.24) is 9.97 Å². The lowest BCUT2D eigenvalue weighted by Gasteiger charge is -1.97. The first-order valence-electron chi connectivity index (χ1n) is 5.53. The molecule has 0 fully saturated rings. The Morgan fingerprint density at radius 3 is 2.83 bits per heavy atom. The molecule has 4 heteroatoms. The fraction of sp³-hybridized carbons (Fsp3) is 0. The van der Waals surface area contributed by atoms with Gasteiger partial charge >= 0.3 is 0 Å². The van der Waals surface area contributed by atoms with Crippen LogP contribution in [0.15, 0.2) is 51.9 Å². The molecule has 0 saturated heterocycles. The van der Waals surface area contributed by atoms with E-state index in [2.05, 4.69) is 9.97 Å². The molecule has 4 nitrogen and oxygen atoms in total. The minimum atomic E-state index is -0.139. The molecule has 2 heterocycles. The molecule has 0 atom stereocenters. The van der Waals surface area contributed by atoms with Gasteiger partial charge in [-0.25, -0.2) is 4.98 Å². The molecule has 0 amide bonds. The van der Waals surface area contributed by atoms with E-state index in [1.54, 1.807) is 30.5 Å². The Hall–Kier alpha value is -2.62. The number of furan rings is 1. The van der Waals surface area contributed by atoms with Gasteiger partial charge in [0, 0.05) is 0 Å². The van der Waals surface area contributed by atoms with E-state index in [4.69, 9.17) is 4.42 Å². The summed E-state index contributed by atoms with van der Waals surface area (Å²) < 4.78 is 5.17. The summed E-state index contributed by atoms with van der Waals surface area (Å²) in [5.41, 5.74) is 0.542. The van der Waals surface area contributed by atoms with Crippen LogP contribution < -0.4 is 5.56 Å². The Kier molecular flexibility index (Phi) is 2.53. The van der Waals surface area contributed by atoms with E-state index >= 15 is 0 Å². The third-order valence-corrected chi connectivity index (χ3v) is 2.58. The molecule has 0 aliphatic carbocycles. The van der Waals surface area contributed by atoms with Gasteiger partial charge in [-0.3, -0.25) is 4.79 Å². The summed E-state index contributed by atoms with van der Waals surface area (Å²) in [6.45, 7) is 0. The maximum Gasteiger partial charge on any atom is 0.259 e. The summed E-state index contributed by atoms with van der Waals surface area (Å²) in [7, 11) is 0. The predicted octanol–water partition coefficient (Wildman–Crippen LogP) is 2.69. The van der Waals surface area contributed by atoms with E-state index in [-0.39, 0.29) is 5.56 Å². The van der Waals surface area contributed by atoms with Crippen LogP contribution in [-0.2, 0) is 0 Å². The van der Waals surface area contributed by atoms with Crippen LogP contribution in [0.3, 0.4) is 0 Å². The highest BCUT2D eigenvalue weighted by atomic mass is 16.3. The normalized spacial score (nSPS) is 11.3. The maximum absolute atomic E-state index is 11.8. The van der Waals surface area contributed by atoms with Gasteiger partial charge in [0.05, 0.1) is 17.2 Å². The topological polar surface area (TPSA) is 58.9 Å². The second kappa shape index (κ2) is 4.33. The predicted molar refractivity (Wildman–Crippen MR) is 70.0 cm³/mol. The number of hydrogen-bond acceptors (Lipinski definition) is 3. The van der Waals surface area contributed by atoms with Crippen LogP contribution in [0.4, 0.5) is 0 Å². The first-order chi connectivity index (χ1) is 8.83. The molecule has 0 aliphatic rings. The summed E-state index contributed by atoms with van der Waals surface area (Å²) in [5.74, 6) is 1.22. The zero-order valence-electron chi connectivity index (χ0n) is 9.46. The number of rotatable bonds is 2. The van der Waals surface area contributed by atoms with E-state index in [1.165, 1.54) is 0 Å². The number of benzene rings is 1. The second-order valence-electron chi connectivity index (χ2n) is 3.82. The molecular formula is C14H10N2O2. The van der Waals surface area contributed by atoms with Crippen LogP contribution in [0, 0.1) is 0 Å². The molecule has 3 aromatic rings. The molecule has 18 heavy (non-hydrogen) atoms. The number of H-pyrrole nitrogens is 1. The maximum atomic E-state index is 11.8. The molecular weight excluding hydrogens is 228 g/mol. The molecule has 0 aliphatic heterocycles. The van der Waals surface area contributed by atoms with Gasteiger partial charge < -0.3 is 9.40 Å². The summed E-state index contributed by atoms with van der Waals surface area (Å²) in [4.78, 5) is 18.9. The highest BCUT2D eigenvalue weighted by Crippen LogP contribution is 2.08. The number of hydrogen-bond donors (Lipinski definition) is 1. The SMILES string of the molecule is O=c1[nH]c(/C=C/c2ccco2)nc2ccccc12. The average molecular weight is 238 g/mol. The van der Waals surface area contributed by atoms with E-state index in [1.807, 2.05) is 24.3 Å². The van der Waals surface area contributed by atoms with E-state index in [0.29, 0.717) is 22.5 Å². The molecule has 0 spiro atoms. The fourth-order valence-corrected chi connectivity index (χ4v) is 1.73. The van der Waals surface area contributed by atoms with Crippen molar-refractivity contribution in [1.29, 1.82) is 0 Å². The van der Waals surface area contributed by atoms with Crippen molar-refractivity contribution in [2.75, 3.05) is 0 Å². The molecule has 2 aromatic heterocycles. The monoisotopic (exact) mass is 238 g/mol. The van der Waals surface area contributed by atoms with Gasteiger partial charge in [-0.15, -0.1) is 0 Å². The third kappa shape index (κ3) is 1.96. The van der Waals surface area contributed by atoms with Crippen molar-refractivity contribution >= 4 is 23.1 Å². The Bertz CT molecular complexity index is 755. The van der Waals surface area contributed by atoms with Gasteiger partial charge in [0.2, 0.25) is 0 Å². The number of nitrogens with one attached hydrogen (secondary N) is 1. The molecule has 0 saturated carbocycles. The molecule has 0 bridgehead atoms. The van der Waals surface area contributed by atoms with Crippen molar-refractivity contribution < 1.29 is 4.42 Å². The smallest absolute Gasteiger partial charge is 0.259 e. The Balaban J connectivity index is 2.06. The molecule has 1 aromatic carbocycles. The van der Waals surface area contributed by atoms with Gasteiger partial charge in [0.1, 0.15) is 11.6 Å². The lowest BCUT2D eigenvalue weighted by molar-refractivity contribution is 0.557. The quantitative estimate of drug-likeness (QED) is 0.746. The minimum Gasteiger partial charge on any atom is -0.465 e. The Labute approximate surface area is 103 Å². The van der Waals surface area contributed by atoms with Crippen molar-refractivity contribution in [3.05, 3.63) is 64.6 Å². The largest absolute Gasteiger partial charge is 0.465 e. The van der Waals surface area contributed by atoms with Crippen LogP contribution in [0.1, 0.15) is 11.6 Å². The lowest BCUT2D eigenvalue weighted by Crippen LogP contribution is -2.09. The van der Waals surface area contributed by atoms with Crippen LogP contribution in [0.5, 0.6) is 0 Å².